The Morgan fingerprint density at radius 2 is 1.94 bits per heavy atom. The minimum atomic E-state index is 0.370. The van der Waals surface area contributed by atoms with Crippen molar-refractivity contribution in [3.8, 4) is 22.6 Å². The fourth-order valence-electron chi connectivity index (χ4n) is 4.30. The van der Waals surface area contributed by atoms with E-state index in [-0.39, 0.29) is 0 Å². The molecule has 0 spiro atoms. The zero-order chi connectivity index (χ0) is 23.8. The maximum Gasteiger partial charge on any atom is 0.227 e. The molecule has 0 unspecified atom stereocenters. The molecule has 5 heterocycles. The number of nitrogens with two attached hydrogens (primary N) is 1. The Morgan fingerprint density at radius 1 is 1.09 bits per heavy atom. The predicted octanol–water partition coefficient (Wildman–Crippen LogP) is 2.74. The van der Waals surface area contributed by atoms with Crippen LogP contribution in [0.2, 0.25) is 0 Å². The van der Waals surface area contributed by atoms with Gasteiger partial charge in [-0.3, -0.25) is 10.1 Å². The van der Waals surface area contributed by atoms with E-state index in [2.05, 4.69) is 53.6 Å². The van der Waals surface area contributed by atoms with Gasteiger partial charge in [0, 0.05) is 50.1 Å². The van der Waals surface area contributed by atoms with E-state index in [0.717, 1.165) is 54.6 Å². The molecule has 1 saturated carbocycles. The summed E-state index contributed by atoms with van der Waals surface area (Å²) < 4.78 is 5.48. The molecule has 1 aliphatic heterocycles. The SMILES string of the molecule is CN1CCN(c2nc(NCc3cc(-c4ccccn4)no3)nc(N)c2-c2cc(C3CC3)[nH]n2)CC1. The van der Waals surface area contributed by atoms with Gasteiger partial charge in [-0.1, -0.05) is 11.2 Å². The molecule has 0 bridgehead atoms. The number of rotatable bonds is 7. The van der Waals surface area contributed by atoms with Crippen molar-refractivity contribution in [2.24, 2.45) is 0 Å². The molecule has 0 aromatic carbocycles. The van der Waals surface area contributed by atoms with E-state index in [1.807, 2.05) is 24.3 Å². The summed E-state index contributed by atoms with van der Waals surface area (Å²) in [6, 6.07) is 9.62. The van der Waals surface area contributed by atoms with Crippen LogP contribution in [0.4, 0.5) is 17.6 Å². The van der Waals surface area contributed by atoms with Crippen molar-refractivity contribution in [1.82, 2.24) is 35.2 Å². The van der Waals surface area contributed by atoms with Gasteiger partial charge in [-0.15, -0.1) is 0 Å². The second kappa shape index (κ2) is 8.99. The zero-order valence-corrected chi connectivity index (χ0v) is 19.6. The van der Waals surface area contributed by atoms with Crippen molar-refractivity contribution in [3.05, 3.63) is 48.0 Å². The number of pyridine rings is 1. The van der Waals surface area contributed by atoms with Crippen molar-refractivity contribution in [3.63, 3.8) is 0 Å². The number of H-pyrrole nitrogens is 1. The Labute approximate surface area is 202 Å². The van der Waals surface area contributed by atoms with E-state index in [1.165, 1.54) is 12.8 Å². The van der Waals surface area contributed by atoms with E-state index in [4.69, 9.17) is 15.2 Å². The van der Waals surface area contributed by atoms with Crippen molar-refractivity contribution in [2.45, 2.75) is 25.3 Å². The number of aromatic nitrogens is 6. The first-order valence-corrected chi connectivity index (χ1v) is 11.9. The van der Waals surface area contributed by atoms with Gasteiger partial charge in [0.05, 0.1) is 23.5 Å². The van der Waals surface area contributed by atoms with Crippen molar-refractivity contribution in [1.29, 1.82) is 0 Å². The van der Waals surface area contributed by atoms with Crippen LogP contribution in [0.15, 0.2) is 41.1 Å². The van der Waals surface area contributed by atoms with Gasteiger partial charge < -0.3 is 25.4 Å². The number of nitrogens with zero attached hydrogens (tertiary/aromatic N) is 7. The van der Waals surface area contributed by atoms with Gasteiger partial charge in [0.25, 0.3) is 0 Å². The maximum atomic E-state index is 6.51. The molecule has 4 N–H and O–H groups in total. The number of hydrogen-bond donors (Lipinski definition) is 3. The fraction of sp³-hybridized carbons (Fsp3) is 0.375. The monoisotopic (exact) mass is 472 g/mol. The lowest BCUT2D eigenvalue weighted by molar-refractivity contribution is 0.312. The van der Waals surface area contributed by atoms with Crippen molar-refractivity contribution >= 4 is 17.6 Å². The molecule has 4 aromatic rings. The van der Waals surface area contributed by atoms with Gasteiger partial charge in [0.2, 0.25) is 5.95 Å². The van der Waals surface area contributed by atoms with Crippen molar-refractivity contribution < 1.29 is 4.52 Å². The topological polar surface area (TPSA) is 138 Å². The largest absolute Gasteiger partial charge is 0.383 e. The van der Waals surface area contributed by atoms with Gasteiger partial charge in [-0.2, -0.15) is 15.1 Å². The molecular formula is C24H28N10O. The second-order valence-electron chi connectivity index (χ2n) is 9.15. The Balaban J connectivity index is 1.27. The first-order chi connectivity index (χ1) is 17.1. The Hall–Kier alpha value is -3.99. The van der Waals surface area contributed by atoms with Gasteiger partial charge in [0.1, 0.15) is 17.3 Å². The van der Waals surface area contributed by atoms with Gasteiger partial charge in [0.15, 0.2) is 5.76 Å². The third-order valence-electron chi connectivity index (χ3n) is 6.50. The lowest BCUT2D eigenvalue weighted by atomic mass is 10.1. The number of nitrogens with one attached hydrogen (secondary N) is 2. The molecule has 180 valence electrons. The van der Waals surface area contributed by atoms with E-state index >= 15 is 0 Å². The first kappa shape index (κ1) is 21.5. The minimum absolute atomic E-state index is 0.370. The maximum absolute atomic E-state index is 6.51. The minimum Gasteiger partial charge on any atom is -0.383 e. The van der Waals surface area contributed by atoms with Crippen LogP contribution in [-0.2, 0) is 6.54 Å². The highest BCUT2D eigenvalue weighted by Crippen LogP contribution is 2.41. The van der Waals surface area contributed by atoms with Crippen LogP contribution in [0.3, 0.4) is 0 Å². The number of hydrogen-bond acceptors (Lipinski definition) is 10. The molecule has 0 amide bonds. The number of likely N-dealkylation sites (N-methyl/N-ethyl adjacent to an activating group) is 1. The normalized spacial score (nSPS) is 16.5. The molecule has 1 aliphatic carbocycles. The van der Waals surface area contributed by atoms with Gasteiger partial charge >= 0.3 is 0 Å². The van der Waals surface area contributed by atoms with Crippen molar-refractivity contribution in [2.75, 3.05) is 49.2 Å². The summed E-state index contributed by atoms with van der Waals surface area (Å²) in [6.45, 7) is 3.99. The summed E-state index contributed by atoms with van der Waals surface area (Å²) in [6.07, 6.45) is 4.13. The Bertz CT molecular complexity index is 1310. The molecule has 11 heteroatoms. The molecule has 6 rings (SSSR count). The Kier molecular flexibility index (Phi) is 5.53. The summed E-state index contributed by atoms with van der Waals surface area (Å²) in [7, 11) is 2.13. The van der Waals surface area contributed by atoms with Crippen LogP contribution in [0, 0.1) is 0 Å². The average Bonchev–Trinajstić information content (AvgIpc) is 3.42. The summed E-state index contributed by atoms with van der Waals surface area (Å²) >= 11 is 0. The molecule has 4 aromatic heterocycles. The summed E-state index contributed by atoms with van der Waals surface area (Å²) in [5.74, 6) is 2.86. The lowest BCUT2D eigenvalue weighted by Gasteiger charge is -2.34. The van der Waals surface area contributed by atoms with E-state index < -0.39 is 0 Å². The summed E-state index contributed by atoms with van der Waals surface area (Å²) in [4.78, 5) is 18.3. The standard InChI is InChI=1S/C24H28N10O/c1-33-8-10-34(11-9-33)23-21(20-13-18(30-31-20)15-5-6-15)22(25)28-24(29-23)27-14-16-12-19(32-35-16)17-4-2-3-7-26-17/h2-4,7,12-13,15H,5-6,8-11,14H2,1H3,(H,30,31)(H3,25,27,28,29). The van der Waals surface area contributed by atoms with E-state index in [9.17, 15) is 0 Å². The quantitative estimate of drug-likeness (QED) is 0.368. The molecular weight excluding hydrogens is 444 g/mol. The highest BCUT2D eigenvalue weighted by Gasteiger charge is 2.28. The molecule has 1 saturated heterocycles. The summed E-state index contributed by atoms with van der Waals surface area (Å²) in [5, 5.41) is 15.1. The first-order valence-electron chi connectivity index (χ1n) is 11.9. The number of piperazine rings is 1. The van der Waals surface area contributed by atoms with Gasteiger partial charge in [-0.05, 0) is 38.1 Å². The van der Waals surface area contributed by atoms with Crippen LogP contribution in [0.1, 0.15) is 30.2 Å². The number of aromatic amines is 1. The highest BCUT2D eigenvalue weighted by molar-refractivity contribution is 5.83. The van der Waals surface area contributed by atoms with Crippen LogP contribution in [-0.4, -0.2) is 68.4 Å². The molecule has 0 atom stereocenters. The number of nitrogen functional groups attached to an aromatic ring is 1. The highest BCUT2D eigenvalue weighted by atomic mass is 16.5. The fourth-order valence-corrected chi connectivity index (χ4v) is 4.30. The number of anilines is 3. The van der Waals surface area contributed by atoms with E-state index in [1.54, 1.807) is 6.20 Å². The Morgan fingerprint density at radius 3 is 2.71 bits per heavy atom. The van der Waals surface area contributed by atoms with Crippen LogP contribution in [0.25, 0.3) is 22.6 Å². The smallest absolute Gasteiger partial charge is 0.227 e. The van der Waals surface area contributed by atoms with Crippen LogP contribution >= 0.6 is 0 Å². The molecule has 0 radical (unpaired) electrons. The average molecular weight is 473 g/mol. The molecule has 35 heavy (non-hydrogen) atoms. The van der Waals surface area contributed by atoms with E-state index in [0.29, 0.717) is 35.7 Å². The molecule has 2 fully saturated rings. The molecule has 11 nitrogen and oxygen atoms in total. The van der Waals surface area contributed by atoms with Gasteiger partial charge in [-0.25, -0.2) is 0 Å². The summed E-state index contributed by atoms with van der Waals surface area (Å²) in [5.41, 5.74) is 10.7. The second-order valence-corrected chi connectivity index (χ2v) is 9.15. The van der Waals surface area contributed by atoms with Crippen LogP contribution < -0.4 is 16.0 Å². The molecule has 2 aliphatic rings. The zero-order valence-electron chi connectivity index (χ0n) is 19.6. The lowest BCUT2D eigenvalue weighted by Crippen LogP contribution is -2.45. The predicted molar refractivity (Wildman–Crippen MR) is 133 cm³/mol. The van der Waals surface area contributed by atoms with Crippen LogP contribution in [0.5, 0.6) is 0 Å². The third-order valence-corrected chi connectivity index (χ3v) is 6.50. The third kappa shape index (κ3) is 4.54.